The van der Waals surface area contributed by atoms with Crippen molar-refractivity contribution in [2.45, 2.75) is 127 Å². The highest BCUT2D eigenvalue weighted by atomic mass is 33.1. The number of aromatic hydroxyl groups is 1. The zero-order valence-electron chi connectivity index (χ0n) is 39.1. The van der Waals surface area contributed by atoms with E-state index in [1.54, 1.807) is 27.7 Å². The Kier molecular flexibility index (Phi) is 23.0. The fourth-order valence-electron chi connectivity index (χ4n) is 7.31. The summed E-state index contributed by atoms with van der Waals surface area (Å²) in [4.78, 5) is 148. The number of likely N-dealkylation sites (tertiary alicyclic amines) is 1. The molecule has 0 bridgehead atoms. The van der Waals surface area contributed by atoms with E-state index in [2.05, 4.69) is 37.2 Å². The van der Waals surface area contributed by atoms with Crippen LogP contribution in [0.2, 0.25) is 0 Å². The highest BCUT2D eigenvalue weighted by Crippen LogP contribution is 2.26. The molecule has 16 N–H and O–H groups in total. The normalized spacial score (nSPS) is 24.7. The van der Waals surface area contributed by atoms with Crippen molar-refractivity contribution in [3.63, 3.8) is 0 Å². The summed E-state index contributed by atoms with van der Waals surface area (Å²) in [6.45, 7) is 6.47. The molecule has 3 rings (SSSR count). The van der Waals surface area contributed by atoms with E-state index in [-0.39, 0.29) is 36.6 Å². The topological polar surface area (TPSA) is 400 Å². The van der Waals surface area contributed by atoms with Crippen LogP contribution in [0.3, 0.4) is 0 Å². The van der Waals surface area contributed by atoms with Gasteiger partial charge in [-0.05, 0) is 48.8 Å². The van der Waals surface area contributed by atoms with Gasteiger partial charge >= 0.3 is 0 Å². The highest BCUT2D eigenvalue weighted by Gasteiger charge is 2.41. The molecule has 26 heteroatoms. The van der Waals surface area contributed by atoms with Crippen molar-refractivity contribution in [3.8, 4) is 5.75 Å². The van der Waals surface area contributed by atoms with Gasteiger partial charge < -0.3 is 70.2 Å². The van der Waals surface area contributed by atoms with Gasteiger partial charge in [-0.15, -0.1) is 0 Å². The molecule has 0 spiro atoms. The van der Waals surface area contributed by atoms with Crippen LogP contribution in [0.4, 0.5) is 0 Å². The van der Waals surface area contributed by atoms with Crippen LogP contribution in [-0.4, -0.2) is 148 Å². The number of phenolic OH excluding ortho intramolecular Hbond substituents is 1. The first-order chi connectivity index (χ1) is 32.6. The molecule has 1 aromatic rings. The summed E-state index contributed by atoms with van der Waals surface area (Å²) >= 11 is 0. The SMILES string of the molecule is CC[C@H](C)[C@@H]1NC(=O)C(Cc2ccc(O)cc2)NC(=O)[C@@H](N)CSSCC(C(=O)N2CCC[C@H]2C(=O)N[C@H](C(=O)NCC(N)=O)[C@@H](C)CC)NC(=O)C(CC(N)=O)NC(=O)[C@H](CCC(N)=O)NC1=O. The fraction of sp³-hybridized carbons (Fsp3) is 0.605. The molecular weight excluding hydrogens is 941 g/mol. The lowest BCUT2D eigenvalue weighted by Gasteiger charge is -2.31. The van der Waals surface area contributed by atoms with E-state index in [0.29, 0.717) is 24.8 Å². The lowest BCUT2D eigenvalue weighted by molar-refractivity contribution is -0.142. The van der Waals surface area contributed by atoms with E-state index in [1.807, 2.05) is 0 Å². The van der Waals surface area contributed by atoms with Gasteiger partial charge in [0, 0.05) is 30.9 Å². The monoisotopic (exact) mass is 1010 g/mol. The van der Waals surface area contributed by atoms with Crippen LogP contribution in [0.1, 0.15) is 78.2 Å². The lowest BCUT2D eigenvalue weighted by atomic mass is 9.96. The van der Waals surface area contributed by atoms with Crippen LogP contribution in [0.5, 0.6) is 5.75 Å². The predicted octanol–water partition coefficient (Wildman–Crippen LogP) is -3.61. The van der Waals surface area contributed by atoms with Crippen LogP contribution in [0.25, 0.3) is 0 Å². The molecule has 3 unspecified atom stereocenters. The third kappa shape index (κ3) is 18.0. The fourth-order valence-corrected chi connectivity index (χ4v) is 9.59. The second-order valence-electron chi connectivity index (χ2n) is 17.1. The van der Waals surface area contributed by atoms with Crippen molar-refractivity contribution < 1.29 is 57.8 Å². The number of phenols is 1. The average Bonchev–Trinajstić information content (AvgIpc) is 3.80. The van der Waals surface area contributed by atoms with Crippen LogP contribution in [-0.2, 0) is 59.2 Å². The molecule has 382 valence electrons. The largest absolute Gasteiger partial charge is 0.508 e. The van der Waals surface area contributed by atoms with Crippen molar-refractivity contribution in [1.82, 2.24) is 42.1 Å². The van der Waals surface area contributed by atoms with Gasteiger partial charge in [0.1, 0.15) is 48.0 Å². The minimum absolute atomic E-state index is 0.0468. The minimum atomic E-state index is -1.75. The van der Waals surface area contributed by atoms with Crippen LogP contribution < -0.4 is 60.2 Å². The molecule has 0 aromatic heterocycles. The first-order valence-corrected chi connectivity index (χ1v) is 25.1. The first-order valence-electron chi connectivity index (χ1n) is 22.6. The number of rotatable bonds is 17. The number of nitrogens with two attached hydrogens (primary N) is 4. The number of primary amides is 3. The summed E-state index contributed by atoms with van der Waals surface area (Å²) in [6, 6.07) is -5.06. The molecule has 2 aliphatic heterocycles. The van der Waals surface area contributed by atoms with Gasteiger partial charge in [0.25, 0.3) is 0 Å². The number of hydrogen-bond acceptors (Lipinski definition) is 15. The zero-order chi connectivity index (χ0) is 51.5. The third-order valence-electron chi connectivity index (χ3n) is 11.7. The summed E-state index contributed by atoms with van der Waals surface area (Å²) in [5.74, 6) is -10.7. The Bertz CT molecular complexity index is 2050. The van der Waals surface area contributed by atoms with Crippen LogP contribution in [0, 0.1) is 11.8 Å². The van der Waals surface area contributed by atoms with Crippen LogP contribution >= 0.6 is 21.6 Å². The second kappa shape index (κ2) is 27.7. The molecule has 69 heavy (non-hydrogen) atoms. The second-order valence-corrected chi connectivity index (χ2v) is 19.6. The van der Waals surface area contributed by atoms with E-state index >= 15 is 0 Å². The molecule has 1 aromatic carbocycles. The summed E-state index contributed by atoms with van der Waals surface area (Å²) in [6.07, 6.45) is -0.421. The quantitative estimate of drug-likeness (QED) is 0.0671. The van der Waals surface area contributed by atoms with E-state index in [9.17, 15) is 57.8 Å². The van der Waals surface area contributed by atoms with Gasteiger partial charge in [-0.25, -0.2) is 0 Å². The Balaban J connectivity index is 2.06. The van der Waals surface area contributed by atoms with Gasteiger partial charge in [-0.3, -0.25) is 52.7 Å². The number of nitrogens with one attached hydrogen (secondary N) is 7. The van der Waals surface area contributed by atoms with Gasteiger partial charge in [-0.2, -0.15) is 0 Å². The summed E-state index contributed by atoms with van der Waals surface area (Å²) in [7, 11) is 2.05. The van der Waals surface area contributed by atoms with Crippen molar-refractivity contribution in [1.29, 1.82) is 0 Å². The van der Waals surface area contributed by atoms with Gasteiger partial charge in [0.05, 0.1) is 19.0 Å². The lowest BCUT2D eigenvalue weighted by Crippen LogP contribution is -2.61. The molecule has 2 aliphatic rings. The number of nitrogens with zero attached hydrogens (tertiary/aromatic N) is 1. The maximum absolute atomic E-state index is 14.5. The van der Waals surface area contributed by atoms with Crippen molar-refractivity contribution in [2.24, 2.45) is 34.8 Å². The van der Waals surface area contributed by atoms with Gasteiger partial charge in [0.2, 0.25) is 65.0 Å². The Labute approximate surface area is 407 Å². The molecule has 2 heterocycles. The van der Waals surface area contributed by atoms with E-state index in [1.165, 1.54) is 29.2 Å². The van der Waals surface area contributed by atoms with Crippen molar-refractivity contribution >= 4 is 86.6 Å². The number of carbonyl (C=O) groups excluding carboxylic acids is 11. The van der Waals surface area contributed by atoms with E-state index in [4.69, 9.17) is 22.9 Å². The summed E-state index contributed by atoms with van der Waals surface area (Å²) < 4.78 is 0. The minimum Gasteiger partial charge on any atom is -0.508 e. The molecule has 10 atom stereocenters. The Morgan fingerprint density at radius 1 is 0.768 bits per heavy atom. The van der Waals surface area contributed by atoms with Crippen molar-refractivity contribution in [3.05, 3.63) is 29.8 Å². The molecule has 0 radical (unpaired) electrons. The van der Waals surface area contributed by atoms with Crippen molar-refractivity contribution in [2.75, 3.05) is 24.6 Å². The molecule has 11 amide bonds. The summed E-state index contributed by atoms with van der Waals surface area (Å²) in [5.41, 5.74) is 22.9. The highest BCUT2D eigenvalue weighted by molar-refractivity contribution is 8.76. The standard InChI is InChI=1S/C43H66N12O12S2/c1-5-21(3)34(41(65)48-18-33(47)59)54-40(64)30-8-7-15-55(30)43(67)29-20-69-68-19-25(44)36(60)50-27(16-23-9-11-24(56)12-10-23)39(63)53-35(22(4)6-2)42(66)49-26(13-14-31(45)57)37(61)51-28(17-32(46)58)38(62)52-29/h9-12,21-22,25-30,34-35,56H,5-8,13-20,44H2,1-4H3,(H2,45,57)(H2,46,58)(H2,47,59)(H,48,65)(H,49,66)(H,50,60)(H,51,61)(H,52,62)(H,53,63)(H,54,64)/t21-,22-,25-,26-,27?,28?,29?,30-,34-,35-/m0/s1. The Morgan fingerprint density at radius 2 is 1.38 bits per heavy atom. The maximum Gasteiger partial charge on any atom is 0.246 e. The average molecular weight is 1010 g/mol. The maximum atomic E-state index is 14.5. The van der Waals surface area contributed by atoms with E-state index < -0.39 is 151 Å². The zero-order valence-corrected chi connectivity index (χ0v) is 40.7. The molecule has 0 aliphatic carbocycles. The van der Waals surface area contributed by atoms with Gasteiger partial charge in [0.15, 0.2) is 0 Å². The first kappa shape index (κ1) is 57.2. The number of carbonyl (C=O) groups is 11. The van der Waals surface area contributed by atoms with Gasteiger partial charge in [-0.1, -0.05) is 74.3 Å². The Morgan fingerprint density at radius 3 is 1.99 bits per heavy atom. The number of hydrogen-bond donors (Lipinski definition) is 12. The third-order valence-corrected chi connectivity index (χ3v) is 14.2. The predicted molar refractivity (Wildman–Crippen MR) is 254 cm³/mol. The molecule has 24 nitrogen and oxygen atoms in total. The number of amides is 11. The molecular formula is C43H66N12O12S2. The number of benzene rings is 1. The molecule has 0 saturated carbocycles. The molecule has 2 fully saturated rings. The summed E-state index contributed by atoms with van der Waals surface area (Å²) in [5, 5.41) is 27.7. The smallest absolute Gasteiger partial charge is 0.246 e. The van der Waals surface area contributed by atoms with E-state index in [0.717, 1.165) is 21.6 Å². The van der Waals surface area contributed by atoms with Crippen LogP contribution in [0.15, 0.2) is 24.3 Å². The Hall–Kier alpha value is -6.15. The molecule has 2 saturated heterocycles.